The quantitative estimate of drug-likeness (QED) is 0.698. The maximum Gasteiger partial charge on any atom is 0.338 e. The summed E-state index contributed by atoms with van der Waals surface area (Å²) >= 11 is 0. The minimum Gasteiger partial charge on any atom is -0.449 e. The van der Waals surface area contributed by atoms with Gasteiger partial charge in [0.25, 0.3) is 5.91 Å². The lowest BCUT2D eigenvalue weighted by Gasteiger charge is -2.14. The summed E-state index contributed by atoms with van der Waals surface area (Å²) in [5.41, 5.74) is 1.93. The number of amides is 1. The van der Waals surface area contributed by atoms with Crippen LogP contribution in [0.3, 0.4) is 0 Å². The zero-order valence-corrected chi connectivity index (χ0v) is 14.4. The molecule has 0 saturated carbocycles. The Balaban J connectivity index is 1.61. The number of nitriles is 1. The van der Waals surface area contributed by atoms with Gasteiger partial charge in [-0.2, -0.15) is 10.4 Å². The molecular weight excluding hydrogens is 346 g/mol. The van der Waals surface area contributed by atoms with Gasteiger partial charge in [-0.3, -0.25) is 4.79 Å². The van der Waals surface area contributed by atoms with E-state index in [1.165, 1.54) is 19.3 Å². The van der Waals surface area contributed by atoms with E-state index in [0.29, 0.717) is 16.8 Å². The van der Waals surface area contributed by atoms with E-state index in [-0.39, 0.29) is 0 Å². The van der Waals surface area contributed by atoms with Gasteiger partial charge in [0, 0.05) is 5.69 Å². The molecule has 2 aromatic carbocycles. The van der Waals surface area contributed by atoms with E-state index in [4.69, 9.17) is 10.00 Å². The zero-order valence-electron chi connectivity index (χ0n) is 14.4. The molecule has 8 nitrogen and oxygen atoms in total. The second-order valence-corrected chi connectivity index (χ2v) is 5.62. The first-order valence-corrected chi connectivity index (χ1v) is 8.04. The van der Waals surface area contributed by atoms with Gasteiger partial charge in [0.15, 0.2) is 6.10 Å². The Hall–Kier alpha value is -3.99. The van der Waals surface area contributed by atoms with Crippen LogP contribution in [0.25, 0.3) is 5.69 Å². The van der Waals surface area contributed by atoms with Crippen LogP contribution >= 0.6 is 0 Å². The van der Waals surface area contributed by atoms with E-state index in [1.807, 2.05) is 6.07 Å². The maximum atomic E-state index is 12.2. The molecule has 0 radical (unpaired) electrons. The summed E-state index contributed by atoms with van der Waals surface area (Å²) in [6.45, 7) is 1.48. The van der Waals surface area contributed by atoms with Crippen molar-refractivity contribution in [1.29, 1.82) is 5.26 Å². The topological polar surface area (TPSA) is 110 Å². The number of rotatable bonds is 5. The normalized spacial score (nSPS) is 11.3. The van der Waals surface area contributed by atoms with Crippen LogP contribution in [0.15, 0.2) is 61.2 Å². The SMILES string of the molecule is C[C@H](OC(=O)c1ccc(-n2cncn2)cc1)C(=O)Nc1cccc(C#N)c1. The number of esters is 1. The number of aromatic nitrogens is 3. The Labute approximate surface area is 155 Å². The van der Waals surface area contributed by atoms with Gasteiger partial charge in [-0.05, 0) is 49.4 Å². The van der Waals surface area contributed by atoms with Crippen LogP contribution in [-0.4, -0.2) is 32.7 Å². The number of nitrogens with one attached hydrogen (secondary N) is 1. The number of benzene rings is 2. The van der Waals surface area contributed by atoms with E-state index in [9.17, 15) is 9.59 Å². The third kappa shape index (κ3) is 4.35. The third-order valence-electron chi connectivity index (χ3n) is 3.70. The second kappa shape index (κ2) is 7.93. The number of hydrogen-bond donors (Lipinski definition) is 1. The molecule has 0 aliphatic heterocycles. The van der Waals surface area contributed by atoms with Crippen LogP contribution in [0, 0.1) is 11.3 Å². The highest BCUT2D eigenvalue weighted by molar-refractivity contribution is 5.97. The molecule has 0 fully saturated rings. The van der Waals surface area contributed by atoms with Gasteiger partial charge in [0.1, 0.15) is 12.7 Å². The molecule has 3 rings (SSSR count). The number of anilines is 1. The summed E-state index contributed by atoms with van der Waals surface area (Å²) < 4.78 is 6.76. The molecule has 0 saturated heterocycles. The number of carbonyl (C=O) groups is 2. The molecule has 0 spiro atoms. The second-order valence-electron chi connectivity index (χ2n) is 5.62. The largest absolute Gasteiger partial charge is 0.449 e. The van der Waals surface area contributed by atoms with Crippen molar-refractivity contribution in [1.82, 2.24) is 14.8 Å². The fourth-order valence-corrected chi connectivity index (χ4v) is 2.28. The lowest BCUT2D eigenvalue weighted by atomic mass is 10.2. The molecule has 134 valence electrons. The van der Waals surface area contributed by atoms with Crippen molar-refractivity contribution in [3.8, 4) is 11.8 Å². The molecule has 27 heavy (non-hydrogen) atoms. The van der Waals surface area contributed by atoms with Gasteiger partial charge in [-0.15, -0.1) is 0 Å². The fourth-order valence-electron chi connectivity index (χ4n) is 2.28. The van der Waals surface area contributed by atoms with Gasteiger partial charge >= 0.3 is 5.97 Å². The molecule has 1 atom stereocenters. The Morgan fingerprint density at radius 1 is 1.22 bits per heavy atom. The van der Waals surface area contributed by atoms with Crippen molar-refractivity contribution in [3.63, 3.8) is 0 Å². The van der Waals surface area contributed by atoms with Crippen molar-refractivity contribution in [2.75, 3.05) is 5.32 Å². The predicted molar refractivity (Wildman–Crippen MR) is 96.0 cm³/mol. The summed E-state index contributed by atoms with van der Waals surface area (Å²) in [5.74, 6) is -1.11. The van der Waals surface area contributed by atoms with Crippen LogP contribution in [0.5, 0.6) is 0 Å². The molecule has 1 heterocycles. The number of carbonyl (C=O) groups excluding carboxylic acids is 2. The molecule has 0 aliphatic carbocycles. The molecule has 1 amide bonds. The molecular formula is C19H15N5O3. The van der Waals surface area contributed by atoms with Crippen molar-refractivity contribution < 1.29 is 14.3 Å². The fraction of sp³-hybridized carbons (Fsp3) is 0.105. The molecule has 3 aromatic rings. The number of ether oxygens (including phenoxy) is 1. The van der Waals surface area contributed by atoms with Crippen molar-refractivity contribution in [3.05, 3.63) is 72.3 Å². The Bertz CT molecular complexity index is 991. The third-order valence-corrected chi connectivity index (χ3v) is 3.70. The van der Waals surface area contributed by atoms with Crippen LogP contribution in [0.4, 0.5) is 5.69 Å². The van der Waals surface area contributed by atoms with Crippen LogP contribution in [-0.2, 0) is 9.53 Å². The van der Waals surface area contributed by atoms with Crippen molar-refractivity contribution in [2.24, 2.45) is 0 Å². The highest BCUT2D eigenvalue weighted by Crippen LogP contribution is 2.13. The highest BCUT2D eigenvalue weighted by Gasteiger charge is 2.19. The Morgan fingerprint density at radius 2 is 2.00 bits per heavy atom. The van der Waals surface area contributed by atoms with Gasteiger partial charge in [0.05, 0.1) is 22.9 Å². The monoisotopic (exact) mass is 361 g/mol. The van der Waals surface area contributed by atoms with Gasteiger partial charge in [0.2, 0.25) is 0 Å². The molecule has 1 N–H and O–H groups in total. The molecule has 0 bridgehead atoms. The summed E-state index contributed by atoms with van der Waals surface area (Å²) in [6.07, 6.45) is 1.95. The highest BCUT2D eigenvalue weighted by atomic mass is 16.5. The average molecular weight is 361 g/mol. The van der Waals surface area contributed by atoms with Crippen molar-refractivity contribution in [2.45, 2.75) is 13.0 Å². The van der Waals surface area contributed by atoms with E-state index in [2.05, 4.69) is 15.4 Å². The van der Waals surface area contributed by atoms with Crippen LogP contribution in [0.1, 0.15) is 22.8 Å². The first kappa shape index (κ1) is 17.8. The number of nitrogens with zero attached hydrogens (tertiary/aromatic N) is 4. The van der Waals surface area contributed by atoms with Gasteiger partial charge in [-0.25, -0.2) is 14.5 Å². The minimum absolute atomic E-state index is 0.310. The minimum atomic E-state index is -1.00. The standard InChI is InChI=1S/C19H15N5O3/c1-13(18(25)23-16-4-2-3-14(9-16)10-20)27-19(26)15-5-7-17(8-6-15)24-12-21-11-22-24/h2-9,11-13H,1H3,(H,23,25)/t13-/m0/s1. The van der Waals surface area contributed by atoms with Crippen molar-refractivity contribution >= 4 is 17.6 Å². The lowest BCUT2D eigenvalue weighted by molar-refractivity contribution is -0.123. The molecule has 8 heteroatoms. The average Bonchev–Trinajstić information content (AvgIpc) is 3.23. The van der Waals surface area contributed by atoms with Crippen LogP contribution < -0.4 is 5.32 Å². The first-order valence-electron chi connectivity index (χ1n) is 8.04. The van der Waals surface area contributed by atoms with E-state index >= 15 is 0 Å². The maximum absolute atomic E-state index is 12.2. The van der Waals surface area contributed by atoms with Gasteiger partial charge < -0.3 is 10.1 Å². The molecule has 0 unspecified atom stereocenters. The summed E-state index contributed by atoms with van der Waals surface area (Å²) in [4.78, 5) is 28.3. The van der Waals surface area contributed by atoms with Gasteiger partial charge in [-0.1, -0.05) is 6.07 Å². The van der Waals surface area contributed by atoms with E-state index < -0.39 is 18.0 Å². The Morgan fingerprint density at radius 3 is 2.67 bits per heavy atom. The summed E-state index contributed by atoms with van der Waals surface area (Å²) in [6, 6.07) is 15.0. The zero-order chi connectivity index (χ0) is 19.2. The predicted octanol–water partition coefficient (Wildman–Crippen LogP) is 2.32. The first-order chi connectivity index (χ1) is 13.1. The smallest absolute Gasteiger partial charge is 0.338 e. The summed E-state index contributed by atoms with van der Waals surface area (Å²) in [5, 5.41) is 15.5. The Kier molecular flexibility index (Phi) is 5.23. The number of hydrogen-bond acceptors (Lipinski definition) is 6. The van der Waals surface area contributed by atoms with E-state index in [1.54, 1.807) is 53.5 Å². The van der Waals surface area contributed by atoms with E-state index in [0.717, 1.165) is 5.69 Å². The lowest BCUT2D eigenvalue weighted by Crippen LogP contribution is -2.30. The molecule has 0 aliphatic rings. The van der Waals surface area contributed by atoms with Crippen LogP contribution in [0.2, 0.25) is 0 Å². The molecule has 1 aromatic heterocycles. The summed E-state index contributed by atoms with van der Waals surface area (Å²) in [7, 11) is 0.